The van der Waals surface area contributed by atoms with E-state index in [-0.39, 0.29) is 6.09 Å². The van der Waals surface area contributed by atoms with Gasteiger partial charge in [0.05, 0.1) is 6.61 Å². The van der Waals surface area contributed by atoms with E-state index in [4.69, 9.17) is 10.6 Å². The Morgan fingerprint density at radius 2 is 2.31 bits per heavy atom. The Hall–Kier alpha value is -0.810. The topological polar surface area (TPSA) is 67.6 Å². The van der Waals surface area contributed by atoms with Gasteiger partial charge in [-0.15, -0.1) is 0 Å². The van der Waals surface area contributed by atoms with Gasteiger partial charge in [0.2, 0.25) is 0 Å². The first-order chi connectivity index (χ1) is 6.16. The van der Waals surface area contributed by atoms with Crippen LogP contribution in [0.2, 0.25) is 0 Å². The van der Waals surface area contributed by atoms with Gasteiger partial charge in [-0.3, -0.25) is 10.9 Å². The normalized spacial score (nSPS) is 10.2. The number of rotatable bonds is 6. The summed E-state index contributed by atoms with van der Waals surface area (Å²) >= 11 is 0. The van der Waals surface area contributed by atoms with Gasteiger partial charge in [0.25, 0.3) is 0 Å². The first-order valence-corrected chi connectivity index (χ1v) is 4.53. The Morgan fingerprint density at radius 3 is 2.85 bits per heavy atom. The quantitative estimate of drug-likeness (QED) is 0.359. The van der Waals surface area contributed by atoms with E-state index in [0.29, 0.717) is 13.2 Å². The van der Waals surface area contributed by atoms with Gasteiger partial charge in [-0.1, -0.05) is 6.92 Å². The van der Waals surface area contributed by atoms with E-state index in [1.807, 2.05) is 6.92 Å². The number of nitrogens with one attached hydrogen (secondary N) is 1. The molecule has 0 saturated heterocycles. The molecule has 0 rings (SSSR count). The van der Waals surface area contributed by atoms with Crippen molar-refractivity contribution in [3.63, 3.8) is 0 Å². The molecule has 1 amide bonds. The van der Waals surface area contributed by atoms with Crippen LogP contribution >= 0.6 is 0 Å². The number of hydrazine groups is 1. The molecular weight excluding hydrogens is 170 g/mol. The molecule has 0 aliphatic carbocycles. The molecule has 5 heteroatoms. The van der Waals surface area contributed by atoms with Crippen molar-refractivity contribution >= 4 is 6.09 Å². The van der Waals surface area contributed by atoms with Crippen LogP contribution < -0.4 is 11.2 Å². The molecule has 0 bridgehead atoms. The van der Waals surface area contributed by atoms with Crippen molar-refractivity contribution in [1.29, 1.82) is 0 Å². The Labute approximate surface area is 79.2 Å². The standard InChI is InChI=1S/C8H19N3O2/c1-3-7-13-8(12)10-5-4-6-11(2)9/h3-7,9H2,1-2H3,(H,10,12). The molecule has 13 heavy (non-hydrogen) atoms. The van der Waals surface area contributed by atoms with Crippen molar-refractivity contribution in [3.8, 4) is 0 Å². The molecule has 0 aliphatic rings. The van der Waals surface area contributed by atoms with Gasteiger partial charge >= 0.3 is 6.09 Å². The molecule has 0 aromatic carbocycles. The van der Waals surface area contributed by atoms with Crippen molar-refractivity contribution in [2.24, 2.45) is 5.84 Å². The van der Waals surface area contributed by atoms with Gasteiger partial charge in [-0.2, -0.15) is 0 Å². The molecule has 78 valence electrons. The molecule has 0 aromatic rings. The second kappa shape index (κ2) is 7.82. The lowest BCUT2D eigenvalue weighted by Crippen LogP contribution is -2.31. The molecule has 0 aromatic heterocycles. The van der Waals surface area contributed by atoms with Gasteiger partial charge in [0.15, 0.2) is 0 Å². The average Bonchev–Trinajstić information content (AvgIpc) is 2.08. The number of alkyl carbamates (subject to hydrolysis) is 1. The summed E-state index contributed by atoms with van der Waals surface area (Å²) < 4.78 is 4.80. The summed E-state index contributed by atoms with van der Waals surface area (Å²) in [5.41, 5.74) is 0. The lowest BCUT2D eigenvalue weighted by Gasteiger charge is -2.09. The predicted octanol–water partition coefficient (Wildman–Crippen LogP) is 0.318. The SMILES string of the molecule is CCCOC(=O)NCCCN(C)N. The monoisotopic (exact) mass is 189 g/mol. The van der Waals surface area contributed by atoms with Crippen LogP contribution in [0.15, 0.2) is 0 Å². The summed E-state index contributed by atoms with van der Waals surface area (Å²) in [5, 5.41) is 4.21. The van der Waals surface area contributed by atoms with E-state index in [9.17, 15) is 4.79 Å². The van der Waals surface area contributed by atoms with Crippen molar-refractivity contribution < 1.29 is 9.53 Å². The second-order valence-corrected chi connectivity index (χ2v) is 2.90. The van der Waals surface area contributed by atoms with Crippen LogP contribution in [0.5, 0.6) is 0 Å². The zero-order valence-electron chi connectivity index (χ0n) is 8.38. The van der Waals surface area contributed by atoms with E-state index in [1.165, 1.54) is 0 Å². The molecule has 3 N–H and O–H groups in total. The molecule has 0 unspecified atom stereocenters. The molecule has 5 nitrogen and oxygen atoms in total. The fourth-order valence-corrected chi connectivity index (χ4v) is 0.765. The van der Waals surface area contributed by atoms with Crippen LogP contribution in [-0.4, -0.2) is 37.8 Å². The van der Waals surface area contributed by atoms with Crippen LogP contribution in [0.3, 0.4) is 0 Å². The zero-order chi connectivity index (χ0) is 10.1. The van der Waals surface area contributed by atoms with Crippen LogP contribution in [-0.2, 0) is 4.74 Å². The summed E-state index contributed by atoms with van der Waals surface area (Å²) in [5.74, 6) is 5.38. The lowest BCUT2D eigenvalue weighted by atomic mass is 10.4. The van der Waals surface area contributed by atoms with Crippen molar-refractivity contribution in [1.82, 2.24) is 10.3 Å². The highest BCUT2D eigenvalue weighted by atomic mass is 16.5. The average molecular weight is 189 g/mol. The predicted molar refractivity (Wildman–Crippen MR) is 51.1 cm³/mol. The maximum atomic E-state index is 10.9. The summed E-state index contributed by atoms with van der Waals surface area (Å²) in [6.45, 7) is 3.79. The third-order valence-electron chi connectivity index (χ3n) is 1.39. The fourth-order valence-electron chi connectivity index (χ4n) is 0.765. The molecule has 0 aliphatic heterocycles. The highest BCUT2D eigenvalue weighted by molar-refractivity contribution is 5.66. The number of carbonyl (C=O) groups excluding carboxylic acids is 1. The third-order valence-corrected chi connectivity index (χ3v) is 1.39. The van der Waals surface area contributed by atoms with E-state index in [1.54, 1.807) is 12.1 Å². The number of amides is 1. The van der Waals surface area contributed by atoms with Crippen LogP contribution in [0.1, 0.15) is 19.8 Å². The first-order valence-electron chi connectivity index (χ1n) is 4.53. The number of hydrogen-bond donors (Lipinski definition) is 2. The Bertz CT molecular complexity index is 139. The minimum atomic E-state index is -0.346. The van der Waals surface area contributed by atoms with Gasteiger partial charge in [0, 0.05) is 20.1 Å². The lowest BCUT2D eigenvalue weighted by molar-refractivity contribution is 0.146. The Morgan fingerprint density at radius 1 is 1.62 bits per heavy atom. The first kappa shape index (κ1) is 12.2. The minimum absolute atomic E-state index is 0.346. The molecule has 0 saturated carbocycles. The maximum Gasteiger partial charge on any atom is 0.407 e. The smallest absolute Gasteiger partial charge is 0.407 e. The van der Waals surface area contributed by atoms with Gasteiger partial charge in [-0.05, 0) is 12.8 Å². The maximum absolute atomic E-state index is 10.9. The van der Waals surface area contributed by atoms with E-state index < -0.39 is 0 Å². The molecule has 0 heterocycles. The Balaban J connectivity index is 3.17. The molecule has 0 atom stereocenters. The molecular formula is C8H19N3O2. The Kier molecular flexibility index (Phi) is 7.33. The van der Waals surface area contributed by atoms with Crippen LogP contribution in [0.4, 0.5) is 4.79 Å². The van der Waals surface area contributed by atoms with Crippen molar-refractivity contribution in [2.45, 2.75) is 19.8 Å². The van der Waals surface area contributed by atoms with Crippen molar-refractivity contribution in [3.05, 3.63) is 0 Å². The van der Waals surface area contributed by atoms with Crippen LogP contribution in [0.25, 0.3) is 0 Å². The summed E-state index contributed by atoms with van der Waals surface area (Å²) in [7, 11) is 1.79. The molecule has 0 radical (unpaired) electrons. The largest absolute Gasteiger partial charge is 0.450 e. The second-order valence-electron chi connectivity index (χ2n) is 2.90. The van der Waals surface area contributed by atoms with Gasteiger partial charge < -0.3 is 10.1 Å². The van der Waals surface area contributed by atoms with Crippen molar-refractivity contribution in [2.75, 3.05) is 26.7 Å². The van der Waals surface area contributed by atoms with E-state index >= 15 is 0 Å². The zero-order valence-corrected chi connectivity index (χ0v) is 8.38. The third kappa shape index (κ3) is 9.10. The number of carbonyl (C=O) groups is 1. The van der Waals surface area contributed by atoms with Gasteiger partial charge in [-0.25, -0.2) is 4.79 Å². The number of hydrogen-bond acceptors (Lipinski definition) is 4. The summed E-state index contributed by atoms with van der Waals surface area (Å²) in [6, 6.07) is 0. The highest BCUT2D eigenvalue weighted by Crippen LogP contribution is 1.83. The highest BCUT2D eigenvalue weighted by Gasteiger charge is 1.99. The summed E-state index contributed by atoms with van der Waals surface area (Å²) in [6.07, 6.45) is 1.33. The molecule has 0 spiro atoms. The molecule has 0 fully saturated rings. The van der Waals surface area contributed by atoms with Gasteiger partial charge in [0.1, 0.15) is 0 Å². The van der Waals surface area contributed by atoms with Crippen LogP contribution in [0, 0.1) is 0 Å². The number of nitrogens with two attached hydrogens (primary N) is 1. The fraction of sp³-hybridized carbons (Fsp3) is 0.875. The van der Waals surface area contributed by atoms with E-state index in [2.05, 4.69) is 5.32 Å². The number of nitrogens with zero attached hydrogens (tertiary/aromatic N) is 1. The summed E-state index contributed by atoms with van der Waals surface area (Å²) in [4.78, 5) is 10.9. The van der Waals surface area contributed by atoms with E-state index in [0.717, 1.165) is 19.4 Å². The number of ether oxygens (including phenoxy) is 1. The minimum Gasteiger partial charge on any atom is -0.450 e.